The first kappa shape index (κ1) is 24.7. The molecule has 1 N–H and O–H groups in total. The molecule has 0 aliphatic carbocycles. The molecule has 1 heterocycles. The minimum Gasteiger partial charge on any atom is -0.355 e. The number of nitrogens with zero attached hydrogens (tertiary/aromatic N) is 2. The fourth-order valence-electron chi connectivity index (χ4n) is 4.73. The molecular formula is C28H30ClN3O3. The highest BCUT2D eigenvalue weighted by Crippen LogP contribution is 2.37. The lowest BCUT2D eigenvalue weighted by atomic mass is 10.1. The smallest absolute Gasteiger partial charge is 0.258 e. The van der Waals surface area contributed by atoms with Crippen molar-refractivity contribution < 1.29 is 14.4 Å². The largest absolute Gasteiger partial charge is 0.355 e. The van der Waals surface area contributed by atoms with Crippen LogP contribution in [-0.4, -0.2) is 41.8 Å². The number of anilines is 1. The van der Waals surface area contributed by atoms with Crippen molar-refractivity contribution in [1.82, 2.24) is 10.2 Å². The maximum atomic E-state index is 13.4. The summed E-state index contributed by atoms with van der Waals surface area (Å²) in [6.07, 6.45) is 1.24. The molecule has 35 heavy (non-hydrogen) atoms. The second-order valence-corrected chi connectivity index (χ2v) is 9.14. The van der Waals surface area contributed by atoms with Gasteiger partial charge in [-0.2, -0.15) is 0 Å². The van der Waals surface area contributed by atoms with Gasteiger partial charge in [-0.15, -0.1) is 0 Å². The minimum atomic E-state index is -0.565. The molecular weight excluding hydrogens is 462 g/mol. The first-order valence-corrected chi connectivity index (χ1v) is 12.5. The summed E-state index contributed by atoms with van der Waals surface area (Å²) in [6, 6.07) is 18.4. The second-order valence-electron chi connectivity index (χ2n) is 8.71. The highest BCUT2D eigenvalue weighted by Gasteiger charge is 2.31. The average molecular weight is 492 g/mol. The lowest BCUT2D eigenvalue weighted by Crippen LogP contribution is -2.49. The first-order chi connectivity index (χ1) is 16.9. The number of hydrogen-bond donors (Lipinski definition) is 1. The number of carbonyl (C=O) groups excluding carboxylic acids is 3. The zero-order valence-corrected chi connectivity index (χ0v) is 20.8. The van der Waals surface area contributed by atoms with E-state index in [9.17, 15) is 14.4 Å². The van der Waals surface area contributed by atoms with Crippen molar-refractivity contribution >= 4 is 45.8 Å². The highest BCUT2D eigenvalue weighted by molar-refractivity contribution is 6.30. The van der Waals surface area contributed by atoms with Crippen LogP contribution in [0.15, 0.2) is 60.7 Å². The molecule has 7 heteroatoms. The Morgan fingerprint density at radius 2 is 1.74 bits per heavy atom. The summed E-state index contributed by atoms with van der Waals surface area (Å²) in [4.78, 5) is 42.6. The van der Waals surface area contributed by atoms with E-state index in [-0.39, 0.29) is 24.1 Å². The Morgan fingerprint density at radius 1 is 1.03 bits per heavy atom. The number of nitrogens with one attached hydrogen (secondary N) is 1. The SMILES string of the molecule is CCNC(=O)C(CC)N(Cc1ccc(Cl)cc1)C(=O)CCCN1C(=O)c2cccc3cccc1c23. The Balaban J connectivity index is 1.48. The Labute approximate surface area is 210 Å². The third-order valence-electron chi connectivity index (χ3n) is 6.42. The molecule has 0 aromatic heterocycles. The lowest BCUT2D eigenvalue weighted by Gasteiger charge is -2.31. The van der Waals surface area contributed by atoms with Crippen molar-refractivity contribution in [2.24, 2.45) is 0 Å². The summed E-state index contributed by atoms with van der Waals surface area (Å²) < 4.78 is 0. The molecule has 3 amide bonds. The van der Waals surface area contributed by atoms with Gasteiger partial charge in [-0.3, -0.25) is 14.4 Å². The minimum absolute atomic E-state index is 0.0315. The summed E-state index contributed by atoms with van der Waals surface area (Å²) in [6.45, 7) is 5.02. The van der Waals surface area contributed by atoms with Crippen LogP contribution in [0.1, 0.15) is 49.0 Å². The quantitative estimate of drug-likeness (QED) is 0.425. The van der Waals surface area contributed by atoms with E-state index < -0.39 is 6.04 Å². The van der Waals surface area contributed by atoms with E-state index in [0.29, 0.717) is 43.1 Å². The Kier molecular flexibility index (Phi) is 7.71. The van der Waals surface area contributed by atoms with Crippen molar-refractivity contribution in [3.63, 3.8) is 0 Å². The third-order valence-corrected chi connectivity index (χ3v) is 6.68. The summed E-state index contributed by atoms with van der Waals surface area (Å²) in [5, 5.41) is 5.47. The van der Waals surface area contributed by atoms with Crippen molar-refractivity contribution in [3.05, 3.63) is 76.8 Å². The first-order valence-electron chi connectivity index (χ1n) is 12.1. The van der Waals surface area contributed by atoms with Crippen LogP contribution in [0.5, 0.6) is 0 Å². The van der Waals surface area contributed by atoms with Crippen LogP contribution < -0.4 is 10.2 Å². The monoisotopic (exact) mass is 491 g/mol. The van der Waals surface area contributed by atoms with Crippen LogP contribution in [-0.2, 0) is 16.1 Å². The number of hydrogen-bond acceptors (Lipinski definition) is 3. The van der Waals surface area contributed by atoms with Crippen molar-refractivity contribution in [2.45, 2.75) is 45.7 Å². The maximum Gasteiger partial charge on any atom is 0.258 e. The van der Waals surface area contributed by atoms with Gasteiger partial charge in [0.1, 0.15) is 6.04 Å². The summed E-state index contributed by atoms with van der Waals surface area (Å²) in [5.74, 6) is -0.300. The summed E-state index contributed by atoms with van der Waals surface area (Å²) in [5.41, 5.74) is 2.50. The summed E-state index contributed by atoms with van der Waals surface area (Å²) in [7, 11) is 0. The van der Waals surface area contributed by atoms with Gasteiger partial charge in [-0.05, 0) is 55.0 Å². The molecule has 6 nitrogen and oxygen atoms in total. The van der Waals surface area contributed by atoms with E-state index in [1.807, 2.05) is 62.4 Å². The molecule has 4 rings (SSSR count). The van der Waals surface area contributed by atoms with Crippen molar-refractivity contribution in [3.8, 4) is 0 Å². The number of benzene rings is 3. The van der Waals surface area contributed by atoms with E-state index in [4.69, 9.17) is 11.6 Å². The van der Waals surface area contributed by atoms with Gasteiger partial charge in [-0.25, -0.2) is 0 Å². The molecule has 1 atom stereocenters. The van der Waals surface area contributed by atoms with Gasteiger partial charge in [0.05, 0.1) is 5.69 Å². The molecule has 1 aliphatic heterocycles. The van der Waals surface area contributed by atoms with Gasteiger partial charge >= 0.3 is 0 Å². The van der Waals surface area contributed by atoms with Crippen LogP contribution >= 0.6 is 11.6 Å². The lowest BCUT2D eigenvalue weighted by molar-refractivity contribution is -0.141. The maximum absolute atomic E-state index is 13.4. The number of carbonyl (C=O) groups is 3. The van der Waals surface area contributed by atoms with E-state index >= 15 is 0 Å². The van der Waals surface area contributed by atoms with E-state index in [2.05, 4.69) is 5.32 Å². The van der Waals surface area contributed by atoms with Crippen molar-refractivity contribution in [1.29, 1.82) is 0 Å². The molecule has 0 radical (unpaired) electrons. The predicted molar refractivity (Wildman–Crippen MR) is 140 cm³/mol. The molecule has 1 unspecified atom stereocenters. The van der Waals surface area contributed by atoms with Crippen LogP contribution in [0, 0.1) is 0 Å². The number of halogens is 1. The van der Waals surface area contributed by atoms with E-state index in [0.717, 1.165) is 22.0 Å². The Hall–Kier alpha value is -3.38. The van der Waals surface area contributed by atoms with Gasteiger partial charge in [0, 0.05) is 42.0 Å². The number of amides is 3. The van der Waals surface area contributed by atoms with E-state index in [1.165, 1.54) is 0 Å². The normalized spacial score (nSPS) is 13.2. The van der Waals surface area contributed by atoms with Gasteiger partial charge in [0.15, 0.2) is 0 Å². The van der Waals surface area contributed by atoms with E-state index in [1.54, 1.807) is 21.9 Å². The Morgan fingerprint density at radius 3 is 2.43 bits per heavy atom. The van der Waals surface area contributed by atoms with Gasteiger partial charge in [-0.1, -0.05) is 54.9 Å². The molecule has 0 spiro atoms. The average Bonchev–Trinajstić information content (AvgIpc) is 3.13. The molecule has 0 saturated heterocycles. The predicted octanol–water partition coefficient (Wildman–Crippen LogP) is 5.18. The van der Waals surface area contributed by atoms with Crippen LogP contribution in [0.2, 0.25) is 5.02 Å². The van der Waals surface area contributed by atoms with Crippen LogP contribution in [0.4, 0.5) is 5.69 Å². The Bertz CT molecular complexity index is 1240. The highest BCUT2D eigenvalue weighted by atomic mass is 35.5. The molecule has 0 bridgehead atoms. The molecule has 0 saturated carbocycles. The zero-order valence-electron chi connectivity index (χ0n) is 20.1. The third kappa shape index (κ3) is 5.17. The second kappa shape index (κ2) is 10.9. The molecule has 182 valence electrons. The van der Waals surface area contributed by atoms with Gasteiger partial charge < -0.3 is 15.1 Å². The fourth-order valence-corrected chi connectivity index (χ4v) is 4.86. The van der Waals surface area contributed by atoms with Crippen molar-refractivity contribution in [2.75, 3.05) is 18.0 Å². The molecule has 3 aromatic carbocycles. The fraction of sp³-hybridized carbons (Fsp3) is 0.321. The summed E-state index contributed by atoms with van der Waals surface area (Å²) >= 11 is 6.02. The number of likely N-dealkylation sites (N-methyl/N-ethyl adjacent to an activating group) is 1. The zero-order chi connectivity index (χ0) is 24.9. The standard InChI is InChI=1S/C28H30ClN3O3/c1-3-23(27(34)30-4-2)32(18-19-13-15-21(29)16-14-19)25(33)12-7-17-31-24-11-6-9-20-8-5-10-22(26(20)24)28(31)35/h5-6,8-11,13-16,23H,3-4,7,12,17-18H2,1-2H3,(H,30,34). The van der Waals surface area contributed by atoms with Gasteiger partial charge in [0.2, 0.25) is 11.8 Å². The number of rotatable bonds is 10. The molecule has 1 aliphatic rings. The van der Waals surface area contributed by atoms with Crippen LogP contribution in [0.25, 0.3) is 10.8 Å². The topological polar surface area (TPSA) is 69.7 Å². The molecule has 3 aromatic rings. The van der Waals surface area contributed by atoms with Gasteiger partial charge in [0.25, 0.3) is 5.91 Å². The molecule has 0 fully saturated rings. The van der Waals surface area contributed by atoms with Crippen LogP contribution in [0.3, 0.4) is 0 Å².